The lowest BCUT2D eigenvalue weighted by Crippen LogP contribution is -2.51. The van der Waals surface area contributed by atoms with Crippen LogP contribution < -0.4 is 10.2 Å². The molecule has 0 bridgehead atoms. The number of aryl methyl sites for hydroxylation is 1. The Labute approximate surface area is 130 Å². The number of hydrogen-bond acceptors (Lipinski definition) is 2. The van der Waals surface area contributed by atoms with Crippen LogP contribution in [0.4, 0.5) is 5.69 Å². The Morgan fingerprint density at radius 1 is 1.33 bits per heavy atom. The van der Waals surface area contributed by atoms with Crippen LogP contribution in [0.3, 0.4) is 0 Å². The number of nitrogens with one attached hydrogen (secondary N) is 1. The van der Waals surface area contributed by atoms with E-state index in [1.54, 1.807) is 0 Å². The highest BCUT2D eigenvalue weighted by Crippen LogP contribution is 2.45. The van der Waals surface area contributed by atoms with E-state index in [1.807, 2.05) is 0 Å². The van der Waals surface area contributed by atoms with Gasteiger partial charge in [0.15, 0.2) is 0 Å². The zero-order chi connectivity index (χ0) is 15.8. The zero-order valence-electron chi connectivity index (χ0n) is 14.9. The summed E-state index contributed by atoms with van der Waals surface area (Å²) in [5.74, 6) is 0.631. The molecule has 2 nitrogen and oxygen atoms in total. The van der Waals surface area contributed by atoms with Gasteiger partial charge in [-0.15, -0.1) is 0 Å². The Bertz CT molecular complexity index is 503. The van der Waals surface area contributed by atoms with Gasteiger partial charge in [-0.1, -0.05) is 19.9 Å². The standard InChI is InChI=1S/C19H32N2/c1-8-20-12-16-10-17-15(5)11-19(6,7)21(13(2)3)18(17)9-14(16)4/h9-10,13,15,20H,8,11-12H2,1-7H3/t15-/m0/s1. The topological polar surface area (TPSA) is 15.3 Å². The summed E-state index contributed by atoms with van der Waals surface area (Å²) in [7, 11) is 0. The molecule has 1 aromatic carbocycles. The van der Waals surface area contributed by atoms with E-state index < -0.39 is 0 Å². The van der Waals surface area contributed by atoms with Crippen molar-refractivity contribution in [1.82, 2.24) is 5.32 Å². The van der Waals surface area contributed by atoms with Crippen molar-refractivity contribution >= 4 is 5.69 Å². The lowest BCUT2D eigenvalue weighted by atomic mass is 9.78. The molecule has 1 heterocycles. The van der Waals surface area contributed by atoms with E-state index in [2.05, 4.69) is 70.8 Å². The molecule has 0 saturated carbocycles. The van der Waals surface area contributed by atoms with Crippen molar-refractivity contribution in [1.29, 1.82) is 0 Å². The molecule has 0 spiro atoms. The fraction of sp³-hybridized carbons (Fsp3) is 0.684. The van der Waals surface area contributed by atoms with Crippen LogP contribution in [-0.4, -0.2) is 18.1 Å². The lowest BCUT2D eigenvalue weighted by Gasteiger charge is -2.50. The van der Waals surface area contributed by atoms with Crippen molar-refractivity contribution in [3.63, 3.8) is 0 Å². The molecule has 1 N–H and O–H groups in total. The summed E-state index contributed by atoms with van der Waals surface area (Å²) in [6.45, 7) is 18.2. The number of anilines is 1. The van der Waals surface area contributed by atoms with E-state index in [0.717, 1.165) is 13.1 Å². The van der Waals surface area contributed by atoms with Crippen LogP contribution in [0.1, 0.15) is 70.6 Å². The molecule has 2 heteroatoms. The van der Waals surface area contributed by atoms with Crippen molar-refractivity contribution in [3.8, 4) is 0 Å². The van der Waals surface area contributed by atoms with Crippen molar-refractivity contribution in [2.24, 2.45) is 0 Å². The van der Waals surface area contributed by atoms with Gasteiger partial charge in [-0.3, -0.25) is 0 Å². The van der Waals surface area contributed by atoms with Crippen LogP contribution in [0.15, 0.2) is 12.1 Å². The Morgan fingerprint density at radius 3 is 2.57 bits per heavy atom. The van der Waals surface area contributed by atoms with Gasteiger partial charge in [0, 0.05) is 23.8 Å². The minimum atomic E-state index is 0.232. The van der Waals surface area contributed by atoms with Crippen LogP contribution in [0.5, 0.6) is 0 Å². The third-order valence-corrected chi connectivity index (χ3v) is 4.82. The van der Waals surface area contributed by atoms with Gasteiger partial charge in [0.25, 0.3) is 0 Å². The number of hydrogen-bond donors (Lipinski definition) is 1. The minimum absolute atomic E-state index is 0.232. The molecule has 1 aromatic rings. The molecule has 0 saturated heterocycles. The molecule has 0 unspecified atom stereocenters. The van der Waals surface area contributed by atoms with Gasteiger partial charge in [0.2, 0.25) is 0 Å². The molecule has 0 fully saturated rings. The Balaban J connectivity index is 2.50. The van der Waals surface area contributed by atoms with E-state index in [-0.39, 0.29) is 5.54 Å². The predicted octanol–water partition coefficient (Wildman–Crippen LogP) is 4.61. The maximum atomic E-state index is 3.46. The third-order valence-electron chi connectivity index (χ3n) is 4.82. The smallest absolute Gasteiger partial charge is 0.0411 e. The van der Waals surface area contributed by atoms with E-state index >= 15 is 0 Å². The van der Waals surface area contributed by atoms with Crippen molar-refractivity contribution in [3.05, 3.63) is 28.8 Å². The summed E-state index contributed by atoms with van der Waals surface area (Å²) < 4.78 is 0. The minimum Gasteiger partial charge on any atom is -0.364 e. The first-order valence-electron chi connectivity index (χ1n) is 8.41. The van der Waals surface area contributed by atoms with E-state index in [4.69, 9.17) is 0 Å². The molecule has 1 aliphatic heterocycles. The Morgan fingerprint density at radius 2 is 2.00 bits per heavy atom. The fourth-order valence-electron chi connectivity index (χ4n) is 4.07. The SMILES string of the molecule is CCNCc1cc2c(cc1C)N(C(C)C)C(C)(C)C[C@@H]2C. The van der Waals surface area contributed by atoms with Gasteiger partial charge in [0.05, 0.1) is 0 Å². The first-order chi connectivity index (χ1) is 9.77. The first kappa shape index (κ1) is 16.4. The highest BCUT2D eigenvalue weighted by atomic mass is 15.2. The van der Waals surface area contributed by atoms with Crippen LogP contribution >= 0.6 is 0 Å². The second-order valence-corrected chi connectivity index (χ2v) is 7.50. The normalized spacial score (nSPS) is 20.8. The highest BCUT2D eigenvalue weighted by Gasteiger charge is 2.37. The molecule has 0 radical (unpaired) electrons. The second kappa shape index (κ2) is 6.00. The molecular formula is C19H32N2. The first-order valence-corrected chi connectivity index (χ1v) is 8.41. The van der Waals surface area contributed by atoms with Crippen LogP contribution in [0, 0.1) is 6.92 Å². The Hall–Kier alpha value is -1.02. The molecule has 0 aliphatic carbocycles. The maximum absolute atomic E-state index is 3.46. The average Bonchev–Trinajstić information content (AvgIpc) is 2.35. The van der Waals surface area contributed by atoms with Crippen LogP contribution in [0.2, 0.25) is 0 Å². The summed E-state index contributed by atoms with van der Waals surface area (Å²) in [6, 6.07) is 5.40. The van der Waals surface area contributed by atoms with Gasteiger partial charge < -0.3 is 10.2 Å². The number of benzene rings is 1. The van der Waals surface area contributed by atoms with Gasteiger partial charge in [-0.2, -0.15) is 0 Å². The number of fused-ring (bicyclic) bond motifs is 1. The van der Waals surface area contributed by atoms with Gasteiger partial charge in [-0.05, 0) is 76.3 Å². The number of rotatable bonds is 4. The van der Waals surface area contributed by atoms with E-state index in [9.17, 15) is 0 Å². The monoisotopic (exact) mass is 288 g/mol. The molecule has 118 valence electrons. The van der Waals surface area contributed by atoms with Crippen molar-refractivity contribution in [2.45, 2.75) is 78.9 Å². The second-order valence-electron chi connectivity index (χ2n) is 7.50. The fourth-order valence-corrected chi connectivity index (χ4v) is 4.07. The molecule has 1 aliphatic rings. The van der Waals surface area contributed by atoms with Crippen molar-refractivity contribution < 1.29 is 0 Å². The maximum Gasteiger partial charge on any atom is 0.0411 e. The van der Waals surface area contributed by atoms with Crippen LogP contribution in [-0.2, 0) is 6.54 Å². The van der Waals surface area contributed by atoms with Crippen LogP contribution in [0.25, 0.3) is 0 Å². The summed E-state index contributed by atoms with van der Waals surface area (Å²) in [4.78, 5) is 2.62. The largest absolute Gasteiger partial charge is 0.364 e. The zero-order valence-corrected chi connectivity index (χ0v) is 14.9. The summed E-state index contributed by atoms with van der Waals surface area (Å²) in [6.07, 6.45) is 1.22. The predicted molar refractivity (Wildman–Crippen MR) is 93.3 cm³/mol. The molecule has 0 aromatic heterocycles. The average molecular weight is 288 g/mol. The lowest BCUT2D eigenvalue weighted by molar-refractivity contribution is 0.355. The third kappa shape index (κ3) is 3.11. The van der Waals surface area contributed by atoms with E-state index in [1.165, 1.54) is 28.8 Å². The quantitative estimate of drug-likeness (QED) is 0.870. The highest BCUT2D eigenvalue weighted by molar-refractivity contribution is 5.63. The number of nitrogens with zero attached hydrogens (tertiary/aromatic N) is 1. The van der Waals surface area contributed by atoms with Gasteiger partial charge in [-0.25, -0.2) is 0 Å². The Kier molecular flexibility index (Phi) is 4.67. The molecule has 0 amide bonds. The summed E-state index contributed by atoms with van der Waals surface area (Å²) in [5.41, 5.74) is 6.07. The molecular weight excluding hydrogens is 256 g/mol. The summed E-state index contributed by atoms with van der Waals surface area (Å²) in [5, 5.41) is 3.46. The summed E-state index contributed by atoms with van der Waals surface area (Å²) >= 11 is 0. The molecule has 21 heavy (non-hydrogen) atoms. The molecule has 1 atom stereocenters. The van der Waals surface area contributed by atoms with Gasteiger partial charge in [0.1, 0.15) is 0 Å². The van der Waals surface area contributed by atoms with Gasteiger partial charge >= 0.3 is 0 Å². The van der Waals surface area contributed by atoms with E-state index in [0.29, 0.717) is 12.0 Å². The molecule has 2 rings (SSSR count). The van der Waals surface area contributed by atoms with Crippen molar-refractivity contribution in [2.75, 3.05) is 11.4 Å².